The first kappa shape index (κ1) is 20.4. The zero-order chi connectivity index (χ0) is 20.8. The molecule has 3 fully saturated rings. The minimum atomic E-state index is -4.79. The molecule has 9 heteroatoms. The van der Waals surface area contributed by atoms with Gasteiger partial charge in [0.2, 0.25) is 5.91 Å². The molecule has 1 aliphatic carbocycles. The van der Waals surface area contributed by atoms with Gasteiger partial charge in [-0.25, -0.2) is 9.37 Å². The van der Waals surface area contributed by atoms with Crippen molar-refractivity contribution in [1.29, 1.82) is 0 Å². The van der Waals surface area contributed by atoms with Gasteiger partial charge in [-0.2, -0.15) is 13.2 Å². The summed E-state index contributed by atoms with van der Waals surface area (Å²) in [6.45, 7) is 1.16. The molecule has 1 amide bonds. The zero-order valence-corrected chi connectivity index (χ0v) is 16.1. The first-order valence-electron chi connectivity index (χ1n) is 10.2. The topological polar surface area (TPSA) is 56.7 Å². The molecule has 1 aromatic heterocycles. The van der Waals surface area contributed by atoms with E-state index in [1.165, 1.54) is 4.90 Å². The SMILES string of the molecule is O=C1N([C@H]2CC[C@H](O)CC2)CC[C@@]12CCCN(c1nccc(C(F)(F)F)c1F)C2. The van der Waals surface area contributed by atoms with Crippen molar-refractivity contribution >= 4 is 11.7 Å². The Labute approximate surface area is 166 Å². The third kappa shape index (κ3) is 3.69. The molecule has 3 aliphatic rings. The molecule has 29 heavy (non-hydrogen) atoms. The van der Waals surface area contributed by atoms with E-state index in [2.05, 4.69) is 4.98 Å². The van der Waals surface area contributed by atoms with E-state index >= 15 is 0 Å². The maximum Gasteiger partial charge on any atom is 0.419 e. The maximum absolute atomic E-state index is 14.6. The first-order valence-corrected chi connectivity index (χ1v) is 10.2. The molecule has 1 aromatic rings. The minimum absolute atomic E-state index is 0.0102. The third-order valence-corrected chi connectivity index (χ3v) is 6.71. The third-order valence-electron chi connectivity index (χ3n) is 6.71. The summed E-state index contributed by atoms with van der Waals surface area (Å²) in [5, 5.41) is 9.71. The fraction of sp³-hybridized carbons (Fsp3) is 0.700. The normalized spacial score (nSPS) is 31.0. The van der Waals surface area contributed by atoms with Gasteiger partial charge in [0.05, 0.1) is 17.1 Å². The number of aromatic nitrogens is 1. The molecule has 3 heterocycles. The van der Waals surface area contributed by atoms with Crippen LogP contribution >= 0.6 is 0 Å². The lowest BCUT2D eigenvalue weighted by atomic mass is 9.78. The number of carbonyl (C=O) groups excluding carboxylic acids is 1. The van der Waals surface area contributed by atoms with Gasteiger partial charge >= 0.3 is 6.18 Å². The Kier molecular flexibility index (Phi) is 5.21. The summed E-state index contributed by atoms with van der Waals surface area (Å²) in [6, 6.07) is 0.738. The highest BCUT2D eigenvalue weighted by molar-refractivity contribution is 5.86. The number of halogens is 4. The second kappa shape index (κ2) is 7.41. The zero-order valence-electron chi connectivity index (χ0n) is 16.1. The van der Waals surface area contributed by atoms with Crippen LogP contribution in [-0.2, 0) is 11.0 Å². The van der Waals surface area contributed by atoms with Crippen molar-refractivity contribution in [3.63, 3.8) is 0 Å². The predicted octanol–water partition coefficient (Wildman–Crippen LogP) is 3.36. The van der Waals surface area contributed by atoms with Crippen LogP contribution in [-0.4, -0.2) is 52.7 Å². The van der Waals surface area contributed by atoms with Gasteiger partial charge in [-0.1, -0.05) is 0 Å². The van der Waals surface area contributed by atoms with Gasteiger partial charge in [-0.15, -0.1) is 0 Å². The van der Waals surface area contributed by atoms with Crippen molar-refractivity contribution in [2.45, 2.75) is 63.3 Å². The number of amides is 1. The van der Waals surface area contributed by atoms with Crippen molar-refractivity contribution in [3.8, 4) is 0 Å². The van der Waals surface area contributed by atoms with Crippen LogP contribution in [0, 0.1) is 11.2 Å². The number of piperidine rings is 1. The molecule has 0 aromatic carbocycles. The number of aliphatic hydroxyl groups is 1. The first-order chi connectivity index (χ1) is 13.7. The summed E-state index contributed by atoms with van der Waals surface area (Å²) < 4.78 is 53.8. The maximum atomic E-state index is 14.6. The molecule has 1 N–H and O–H groups in total. The van der Waals surface area contributed by atoms with Crippen LogP contribution in [0.3, 0.4) is 0 Å². The molecule has 2 aliphatic heterocycles. The average Bonchev–Trinajstić information content (AvgIpc) is 2.98. The molecule has 1 saturated carbocycles. The average molecular weight is 415 g/mol. The highest BCUT2D eigenvalue weighted by Gasteiger charge is 2.51. The molecule has 1 atom stereocenters. The van der Waals surface area contributed by atoms with Crippen LogP contribution in [0.1, 0.15) is 50.5 Å². The Balaban J connectivity index is 1.54. The molecule has 0 bridgehead atoms. The summed E-state index contributed by atoms with van der Waals surface area (Å²) in [7, 11) is 0. The fourth-order valence-electron chi connectivity index (χ4n) is 5.13. The van der Waals surface area contributed by atoms with Crippen molar-refractivity contribution in [1.82, 2.24) is 9.88 Å². The summed E-state index contributed by atoms with van der Waals surface area (Å²) in [5.41, 5.74) is -2.03. The molecular weight excluding hydrogens is 390 g/mol. The Bertz CT molecular complexity index is 779. The minimum Gasteiger partial charge on any atom is -0.393 e. The van der Waals surface area contributed by atoms with E-state index in [0.29, 0.717) is 51.3 Å². The molecule has 5 nitrogen and oxygen atoms in total. The number of carbonyl (C=O) groups is 1. The van der Waals surface area contributed by atoms with E-state index < -0.39 is 23.0 Å². The number of hydrogen-bond donors (Lipinski definition) is 1. The monoisotopic (exact) mass is 415 g/mol. The van der Waals surface area contributed by atoms with E-state index in [1.54, 1.807) is 0 Å². The van der Waals surface area contributed by atoms with Gasteiger partial charge in [-0.3, -0.25) is 4.79 Å². The van der Waals surface area contributed by atoms with Crippen molar-refractivity contribution in [3.05, 3.63) is 23.6 Å². The summed E-state index contributed by atoms with van der Waals surface area (Å²) in [5.74, 6) is -1.69. The highest BCUT2D eigenvalue weighted by Crippen LogP contribution is 2.44. The number of hydrogen-bond acceptors (Lipinski definition) is 4. The van der Waals surface area contributed by atoms with Crippen LogP contribution in [0.5, 0.6) is 0 Å². The number of alkyl halides is 3. The Morgan fingerprint density at radius 1 is 1.14 bits per heavy atom. The van der Waals surface area contributed by atoms with E-state index in [-0.39, 0.29) is 30.4 Å². The number of pyridine rings is 1. The quantitative estimate of drug-likeness (QED) is 0.753. The number of anilines is 1. The molecule has 1 spiro atoms. The molecular formula is C20H25F4N3O2. The van der Waals surface area contributed by atoms with Crippen LogP contribution in [0.15, 0.2) is 12.3 Å². The Morgan fingerprint density at radius 2 is 1.86 bits per heavy atom. The van der Waals surface area contributed by atoms with Crippen LogP contribution in [0.2, 0.25) is 0 Å². The van der Waals surface area contributed by atoms with Crippen LogP contribution < -0.4 is 4.90 Å². The summed E-state index contributed by atoms with van der Waals surface area (Å²) in [4.78, 5) is 20.5. The molecule has 4 rings (SSSR count). The summed E-state index contributed by atoms with van der Waals surface area (Å²) >= 11 is 0. The molecule has 2 saturated heterocycles. The largest absolute Gasteiger partial charge is 0.419 e. The Hall–Kier alpha value is -1.90. The number of likely N-dealkylation sites (tertiary alicyclic amines) is 1. The van der Waals surface area contributed by atoms with Crippen LogP contribution in [0.25, 0.3) is 0 Å². The van der Waals surface area contributed by atoms with Gasteiger partial charge in [-0.05, 0) is 51.0 Å². The van der Waals surface area contributed by atoms with E-state index in [9.17, 15) is 27.5 Å². The van der Waals surface area contributed by atoms with Crippen molar-refractivity contribution in [2.24, 2.45) is 5.41 Å². The number of nitrogens with zero attached hydrogens (tertiary/aromatic N) is 3. The second-order valence-corrected chi connectivity index (χ2v) is 8.51. The van der Waals surface area contributed by atoms with Crippen LogP contribution in [0.4, 0.5) is 23.4 Å². The number of rotatable bonds is 2. The van der Waals surface area contributed by atoms with Gasteiger partial charge in [0.15, 0.2) is 11.6 Å². The lowest BCUT2D eigenvalue weighted by Gasteiger charge is -2.41. The van der Waals surface area contributed by atoms with Gasteiger partial charge in [0, 0.05) is 31.9 Å². The summed E-state index contributed by atoms with van der Waals surface area (Å²) in [6.07, 6.45) is 0.599. The van der Waals surface area contributed by atoms with Gasteiger partial charge in [0.25, 0.3) is 0 Å². The lowest BCUT2D eigenvalue weighted by Crippen LogP contribution is -2.50. The standard InChI is InChI=1S/C20H25F4N3O2/c21-16-15(20(22,23)24)6-9-25-17(16)26-10-1-7-19(12-26)8-11-27(18(19)29)13-2-4-14(28)5-3-13/h6,9,13-14,28H,1-5,7-8,10-12H2/t13-,14-,19-/m1/s1. The lowest BCUT2D eigenvalue weighted by molar-refractivity contribution is -0.140. The second-order valence-electron chi connectivity index (χ2n) is 8.51. The van der Waals surface area contributed by atoms with Crippen molar-refractivity contribution in [2.75, 3.05) is 24.5 Å². The number of aliphatic hydroxyl groups excluding tert-OH is 1. The molecule has 0 unspecified atom stereocenters. The van der Waals surface area contributed by atoms with Gasteiger partial charge < -0.3 is 14.9 Å². The smallest absolute Gasteiger partial charge is 0.393 e. The highest BCUT2D eigenvalue weighted by atomic mass is 19.4. The van der Waals surface area contributed by atoms with E-state index in [1.807, 2.05) is 4.90 Å². The Morgan fingerprint density at radius 3 is 2.55 bits per heavy atom. The van der Waals surface area contributed by atoms with Gasteiger partial charge in [0.1, 0.15) is 0 Å². The molecule has 160 valence electrons. The fourth-order valence-corrected chi connectivity index (χ4v) is 5.13. The van der Waals surface area contributed by atoms with E-state index in [4.69, 9.17) is 0 Å². The van der Waals surface area contributed by atoms with Crippen molar-refractivity contribution < 1.29 is 27.5 Å². The van der Waals surface area contributed by atoms with E-state index in [0.717, 1.165) is 19.0 Å². The molecule has 0 radical (unpaired) electrons. The predicted molar refractivity (Wildman–Crippen MR) is 97.7 cm³/mol.